The number of nitrogens with two attached hydrogens (primary N) is 1. The number of phosphoric acid groups is 1. The van der Waals surface area contributed by atoms with E-state index in [-0.39, 0.29) is 32.6 Å². The zero-order valence-corrected chi connectivity index (χ0v) is 36.1. The topological polar surface area (TPSA) is 155 Å². The number of carbonyl (C=O) groups excluding carboxylic acids is 2. The van der Waals surface area contributed by atoms with Crippen LogP contribution < -0.4 is 5.73 Å². The van der Waals surface area contributed by atoms with Crippen LogP contribution in [-0.2, 0) is 32.7 Å². The van der Waals surface area contributed by atoms with Crippen LogP contribution in [0.2, 0.25) is 0 Å². The van der Waals surface area contributed by atoms with Crippen molar-refractivity contribution in [2.75, 3.05) is 26.4 Å². The van der Waals surface area contributed by atoms with Crippen molar-refractivity contribution in [1.82, 2.24) is 0 Å². The molecule has 56 heavy (non-hydrogen) atoms. The van der Waals surface area contributed by atoms with Crippen LogP contribution in [0.15, 0.2) is 60.8 Å². The maximum atomic E-state index is 12.6. The minimum absolute atomic E-state index is 0.00258. The first-order valence-corrected chi connectivity index (χ1v) is 23.4. The summed E-state index contributed by atoms with van der Waals surface area (Å²) in [5.41, 5.74) is 5.33. The molecule has 3 atom stereocenters. The molecule has 11 heteroatoms. The molecule has 4 N–H and O–H groups in total. The number of aliphatic hydroxyl groups excluding tert-OH is 1. The van der Waals surface area contributed by atoms with Gasteiger partial charge in [0.1, 0.15) is 6.61 Å². The molecule has 0 aromatic heterocycles. The van der Waals surface area contributed by atoms with Crippen LogP contribution in [0.1, 0.15) is 174 Å². The maximum absolute atomic E-state index is 12.6. The molecule has 324 valence electrons. The van der Waals surface area contributed by atoms with Gasteiger partial charge in [0, 0.05) is 19.4 Å². The van der Waals surface area contributed by atoms with Crippen molar-refractivity contribution in [2.45, 2.75) is 187 Å². The lowest BCUT2D eigenvalue weighted by Crippen LogP contribution is -2.29. The van der Waals surface area contributed by atoms with Gasteiger partial charge in [-0.2, -0.15) is 0 Å². The highest BCUT2D eigenvalue weighted by Gasteiger charge is 2.26. The third kappa shape index (κ3) is 39.9. The van der Waals surface area contributed by atoms with Gasteiger partial charge in [0.25, 0.3) is 0 Å². The fourth-order valence-electron chi connectivity index (χ4n) is 5.67. The van der Waals surface area contributed by atoms with Crippen LogP contribution in [0.4, 0.5) is 0 Å². The second-order valence-electron chi connectivity index (χ2n) is 14.4. The highest BCUT2D eigenvalue weighted by Crippen LogP contribution is 2.43. The average molecular weight is 810 g/mol. The van der Waals surface area contributed by atoms with Gasteiger partial charge >= 0.3 is 19.8 Å². The normalized spacial score (nSPS) is 14.4. The van der Waals surface area contributed by atoms with Gasteiger partial charge in [0.15, 0.2) is 6.10 Å². The molecule has 0 heterocycles. The molecule has 2 unspecified atom stereocenters. The van der Waals surface area contributed by atoms with Crippen molar-refractivity contribution in [3.05, 3.63) is 60.8 Å². The molecule has 0 bridgehead atoms. The van der Waals surface area contributed by atoms with Gasteiger partial charge in [0.05, 0.1) is 19.3 Å². The number of rotatable bonds is 40. The van der Waals surface area contributed by atoms with Crippen molar-refractivity contribution in [3.63, 3.8) is 0 Å². The molecule has 0 saturated carbocycles. The number of ether oxygens (including phenoxy) is 2. The molecule has 0 aliphatic heterocycles. The fraction of sp³-hybridized carbons (Fsp3) is 0.733. The van der Waals surface area contributed by atoms with E-state index in [1.165, 1.54) is 83.5 Å². The lowest BCUT2D eigenvalue weighted by atomic mass is 10.1. The summed E-state index contributed by atoms with van der Waals surface area (Å²) in [7, 11) is -4.43. The lowest BCUT2D eigenvalue weighted by molar-refractivity contribution is -0.161. The van der Waals surface area contributed by atoms with Crippen LogP contribution in [0.5, 0.6) is 0 Å². The van der Waals surface area contributed by atoms with E-state index in [0.717, 1.165) is 44.9 Å². The Kier molecular flexibility index (Phi) is 39.2. The highest BCUT2D eigenvalue weighted by atomic mass is 31.2. The minimum atomic E-state index is -4.43. The zero-order valence-electron chi connectivity index (χ0n) is 35.2. The van der Waals surface area contributed by atoms with Gasteiger partial charge in [-0.15, -0.1) is 0 Å². The number of unbranched alkanes of at least 4 members (excludes halogenated alkanes) is 16. The molecular formula is C45H80NO9P. The van der Waals surface area contributed by atoms with Gasteiger partial charge in [-0.3, -0.25) is 18.6 Å². The summed E-state index contributed by atoms with van der Waals surface area (Å²) in [6.07, 6.45) is 44.2. The third-order valence-corrected chi connectivity index (χ3v) is 9.96. The van der Waals surface area contributed by atoms with Gasteiger partial charge in [0.2, 0.25) is 0 Å². The van der Waals surface area contributed by atoms with E-state index in [4.69, 9.17) is 24.3 Å². The average Bonchev–Trinajstić information content (AvgIpc) is 3.18. The molecule has 0 amide bonds. The first-order chi connectivity index (χ1) is 27.2. The Morgan fingerprint density at radius 3 is 1.75 bits per heavy atom. The van der Waals surface area contributed by atoms with Crippen LogP contribution in [0.25, 0.3) is 0 Å². The van der Waals surface area contributed by atoms with Crippen molar-refractivity contribution >= 4 is 19.8 Å². The summed E-state index contributed by atoms with van der Waals surface area (Å²) >= 11 is 0. The molecule has 0 saturated heterocycles. The van der Waals surface area contributed by atoms with E-state index in [9.17, 15) is 24.2 Å². The first kappa shape index (κ1) is 53.7. The Morgan fingerprint density at radius 2 is 1.14 bits per heavy atom. The molecule has 0 radical (unpaired) electrons. The van der Waals surface area contributed by atoms with Crippen molar-refractivity contribution in [3.8, 4) is 0 Å². The fourth-order valence-corrected chi connectivity index (χ4v) is 6.44. The molecule has 10 nitrogen and oxygen atoms in total. The molecule has 0 aromatic rings. The van der Waals surface area contributed by atoms with Crippen LogP contribution in [-0.4, -0.2) is 60.5 Å². The van der Waals surface area contributed by atoms with Crippen molar-refractivity contribution in [1.29, 1.82) is 0 Å². The van der Waals surface area contributed by atoms with Gasteiger partial charge in [-0.25, -0.2) is 4.57 Å². The number of phosphoric ester groups is 1. The standard InChI is InChI=1S/C45H80NO9P/c1-3-5-7-9-11-13-15-17-18-19-20-22-24-26-28-30-32-36-44(48)52-40-43(41-54-56(50,51)53-39-38-46)55-45(49)37-33-35-42(47)34-31-29-27-25-23-21-16-14-12-10-8-6-4-2/h11,13,17-18,21,23,27,29,31,34,42-43,47H,3-10,12,14-16,19-20,22,24-26,28,30,32-33,35-41,46H2,1-2H3,(H,50,51)/b13-11-,18-17-,23-21+,29-27+,34-31+/t42?,43-/m1/s1. The molecule has 0 aromatic carbocycles. The molecule has 0 aliphatic carbocycles. The summed E-state index contributed by atoms with van der Waals surface area (Å²) in [5, 5.41) is 10.3. The number of hydrogen-bond acceptors (Lipinski definition) is 9. The van der Waals surface area contributed by atoms with E-state index < -0.39 is 38.6 Å². The molecule has 0 aliphatic rings. The summed E-state index contributed by atoms with van der Waals surface area (Å²) in [6, 6.07) is 0. The summed E-state index contributed by atoms with van der Waals surface area (Å²) in [4.78, 5) is 34.9. The Balaban J connectivity index is 4.35. The zero-order chi connectivity index (χ0) is 41.2. The molecule has 0 fully saturated rings. The van der Waals surface area contributed by atoms with Gasteiger partial charge in [-0.1, -0.05) is 152 Å². The van der Waals surface area contributed by atoms with Gasteiger partial charge in [-0.05, 0) is 70.6 Å². The largest absolute Gasteiger partial charge is 0.472 e. The Labute approximate surface area is 341 Å². The quantitative estimate of drug-likeness (QED) is 0.0179. The van der Waals surface area contributed by atoms with Crippen LogP contribution in [0, 0.1) is 0 Å². The van der Waals surface area contributed by atoms with E-state index in [0.29, 0.717) is 19.3 Å². The first-order valence-electron chi connectivity index (χ1n) is 21.9. The Bertz CT molecular complexity index is 1120. The number of carbonyl (C=O) groups is 2. The number of aliphatic hydroxyl groups is 1. The predicted molar refractivity (Wildman–Crippen MR) is 230 cm³/mol. The third-order valence-electron chi connectivity index (χ3n) is 8.98. The Hall–Kier alpha value is -2.33. The maximum Gasteiger partial charge on any atom is 0.472 e. The van der Waals surface area contributed by atoms with E-state index in [1.54, 1.807) is 12.2 Å². The minimum Gasteiger partial charge on any atom is -0.462 e. The van der Waals surface area contributed by atoms with Crippen molar-refractivity contribution < 1.29 is 42.7 Å². The van der Waals surface area contributed by atoms with Crippen LogP contribution in [0.3, 0.4) is 0 Å². The Morgan fingerprint density at radius 1 is 0.625 bits per heavy atom. The summed E-state index contributed by atoms with van der Waals surface area (Å²) < 4.78 is 32.6. The van der Waals surface area contributed by atoms with Gasteiger partial charge < -0.3 is 25.2 Å². The van der Waals surface area contributed by atoms with E-state index >= 15 is 0 Å². The summed E-state index contributed by atoms with van der Waals surface area (Å²) in [6.45, 7) is 3.46. The number of esters is 2. The molecular weight excluding hydrogens is 729 g/mol. The predicted octanol–water partition coefficient (Wildman–Crippen LogP) is 11.5. The number of allylic oxidation sites excluding steroid dienone is 9. The van der Waals surface area contributed by atoms with E-state index in [2.05, 4.69) is 50.3 Å². The SMILES string of the molecule is CCCCC/C=C\C/C=C\CCCCCCCCCC(=O)OC[C@H](COP(=O)(O)OCCN)OC(=O)CCCC(O)/C=C/C=C/C/C=C/CCCCCCCC. The second kappa shape index (κ2) is 40.9. The second-order valence-corrected chi connectivity index (χ2v) is 15.9. The smallest absolute Gasteiger partial charge is 0.462 e. The summed E-state index contributed by atoms with van der Waals surface area (Å²) in [5.74, 6) is -1.04. The monoisotopic (exact) mass is 810 g/mol. The lowest BCUT2D eigenvalue weighted by Gasteiger charge is -2.20. The molecule has 0 spiro atoms. The molecule has 0 rings (SSSR count). The highest BCUT2D eigenvalue weighted by molar-refractivity contribution is 7.47. The van der Waals surface area contributed by atoms with Crippen molar-refractivity contribution in [2.24, 2.45) is 5.73 Å². The van der Waals surface area contributed by atoms with E-state index in [1.807, 2.05) is 12.2 Å². The number of hydrogen-bond donors (Lipinski definition) is 3. The van der Waals surface area contributed by atoms with Crippen LogP contribution >= 0.6 is 7.82 Å².